The van der Waals surface area contributed by atoms with Gasteiger partial charge in [-0.15, -0.1) is 0 Å². The molecule has 1 N–H and O–H groups in total. The van der Waals surface area contributed by atoms with Crippen LogP contribution in [-0.4, -0.2) is 21.2 Å². The fourth-order valence-corrected chi connectivity index (χ4v) is 2.08. The van der Waals surface area contributed by atoms with Gasteiger partial charge < -0.3 is 5.32 Å². The molecule has 6 heteroatoms. The van der Waals surface area contributed by atoms with Crippen molar-refractivity contribution in [3.05, 3.63) is 57.9 Å². The lowest BCUT2D eigenvalue weighted by atomic mass is 10.2. The van der Waals surface area contributed by atoms with Gasteiger partial charge in [0.15, 0.2) is 0 Å². The number of non-ortho nitro benzene ring substituents is 1. The molecule has 112 valence electrons. The van der Waals surface area contributed by atoms with Crippen LogP contribution in [-0.2, 0) is 6.54 Å². The summed E-state index contributed by atoms with van der Waals surface area (Å²) in [6, 6.07) is 6.84. The van der Waals surface area contributed by atoms with Gasteiger partial charge >= 0.3 is 0 Å². The van der Waals surface area contributed by atoms with Crippen LogP contribution in [0.3, 0.4) is 0 Å². The van der Waals surface area contributed by atoms with Gasteiger partial charge in [0.25, 0.3) is 5.69 Å². The minimum Gasteiger partial charge on any atom is -0.310 e. The summed E-state index contributed by atoms with van der Waals surface area (Å²) in [5, 5.41) is 18.4. The van der Waals surface area contributed by atoms with E-state index in [2.05, 4.69) is 24.3 Å². The maximum atomic E-state index is 10.6. The zero-order chi connectivity index (χ0) is 15.2. The van der Waals surface area contributed by atoms with E-state index in [9.17, 15) is 10.1 Å². The summed E-state index contributed by atoms with van der Waals surface area (Å²) in [6.07, 6.45) is 4.97. The SMILES string of the molecule is CCCNC(C)c1cnn(Cc2ccc([N+](=O)[O-])cc2)c1. The topological polar surface area (TPSA) is 73.0 Å². The van der Waals surface area contributed by atoms with Crippen LogP contribution in [0, 0.1) is 10.1 Å². The third-order valence-corrected chi connectivity index (χ3v) is 3.35. The highest BCUT2D eigenvalue weighted by molar-refractivity contribution is 5.32. The number of rotatable bonds is 7. The van der Waals surface area contributed by atoms with Crippen LogP contribution >= 0.6 is 0 Å². The Bertz CT molecular complexity index is 592. The third kappa shape index (κ3) is 4.13. The fraction of sp³-hybridized carbons (Fsp3) is 0.400. The summed E-state index contributed by atoms with van der Waals surface area (Å²) in [5.41, 5.74) is 2.24. The molecule has 0 bridgehead atoms. The zero-order valence-corrected chi connectivity index (χ0v) is 12.3. The first-order valence-electron chi connectivity index (χ1n) is 7.09. The van der Waals surface area contributed by atoms with E-state index in [1.807, 2.05) is 17.1 Å². The average molecular weight is 288 g/mol. The van der Waals surface area contributed by atoms with E-state index >= 15 is 0 Å². The Labute approximate surface area is 123 Å². The first-order chi connectivity index (χ1) is 10.1. The van der Waals surface area contributed by atoms with E-state index in [4.69, 9.17) is 0 Å². The van der Waals surface area contributed by atoms with Crippen molar-refractivity contribution in [1.29, 1.82) is 0 Å². The quantitative estimate of drug-likeness (QED) is 0.628. The maximum absolute atomic E-state index is 10.6. The summed E-state index contributed by atoms with van der Waals surface area (Å²) in [5.74, 6) is 0. The molecule has 1 heterocycles. The number of nitro benzene ring substituents is 1. The average Bonchev–Trinajstić information content (AvgIpc) is 2.94. The van der Waals surface area contributed by atoms with Gasteiger partial charge in [-0.25, -0.2) is 0 Å². The number of hydrogen-bond donors (Lipinski definition) is 1. The molecular weight excluding hydrogens is 268 g/mol. The van der Waals surface area contributed by atoms with Crippen LogP contribution in [0.15, 0.2) is 36.7 Å². The monoisotopic (exact) mass is 288 g/mol. The van der Waals surface area contributed by atoms with Crippen molar-refractivity contribution in [3.63, 3.8) is 0 Å². The second-order valence-corrected chi connectivity index (χ2v) is 5.07. The molecular formula is C15H20N4O2. The number of nitrogens with zero attached hydrogens (tertiary/aromatic N) is 3. The second-order valence-electron chi connectivity index (χ2n) is 5.07. The van der Waals surface area contributed by atoms with Gasteiger partial charge in [0.2, 0.25) is 0 Å². The van der Waals surface area contributed by atoms with Crippen LogP contribution in [0.4, 0.5) is 5.69 Å². The molecule has 0 saturated heterocycles. The Morgan fingerprint density at radius 2 is 2.10 bits per heavy atom. The van der Waals surface area contributed by atoms with Crippen molar-refractivity contribution in [1.82, 2.24) is 15.1 Å². The molecule has 6 nitrogen and oxygen atoms in total. The maximum Gasteiger partial charge on any atom is 0.269 e. The summed E-state index contributed by atoms with van der Waals surface area (Å²) in [7, 11) is 0. The molecule has 1 aromatic carbocycles. The molecule has 0 fully saturated rings. The number of nitrogens with one attached hydrogen (secondary N) is 1. The Kier molecular flexibility index (Phi) is 5.05. The van der Waals surface area contributed by atoms with E-state index in [1.165, 1.54) is 12.1 Å². The summed E-state index contributed by atoms with van der Waals surface area (Å²) in [4.78, 5) is 10.2. The normalized spacial score (nSPS) is 12.3. The van der Waals surface area contributed by atoms with Crippen molar-refractivity contribution < 1.29 is 4.92 Å². The van der Waals surface area contributed by atoms with E-state index in [0.29, 0.717) is 6.54 Å². The molecule has 1 unspecified atom stereocenters. The van der Waals surface area contributed by atoms with Gasteiger partial charge in [0, 0.05) is 29.9 Å². The number of nitro groups is 1. The summed E-state index contributed by atoms with van der Waals surface area (Å²) < 4.78 is 1.85. The number of aromatic nitrogens is 2. The minimum absolute atomic E-state index is 0.109. The van der Waals surface area contributed by atoms with E-state index in [-0.39, 0.29) is 11.7 Å². The molecule has 21 heavy (non-hydrogen) atoms. The number of benzene rings is 1. The molecule has 0 aliphatic carbocycles. The first-order valence-corrected chi connectivity index (χ1v) is 7.09. The highest BCUT2D eigenvalue weighted by Crippen LogP contribution is 2.14. The Hall–Kier alpha value is -2.21. The van der Waals surface area contributed by atoms with Crippen LogP contribution < -0.4 is 5.32 Å². The zero-order valence-electron chi connectivity index (χ0n) is 12.3. The predicted octanol–water partition coefficient (Wildman–Crippen LogP) is 2.90. The van der Waals surface area contributed by atoms with Crippen molar-refractivity contribution in [2.24, 2.45) is 0 Å². The van der Waals surface area contributed by atoms with Gasteiger partial charge in [-0.05, 0) is 25.5 Å². The lowest BCUT2D eigenvalue weighted by Crippen LogP contribution is -2.18. The molecule has 0 aliphatic heterocycles. The molecule has 2 aromatic rings. The first kappa shape index (κ1) is 15.2. The molecule has 0 amide bonds. The van der Waals surface area contributed by atoms with E-state index < -0.39 is 4.92 Å². The number of hydrogen-bond acceptors (Lipinski definition) is 4. The summed E-state index contributed by atoms with van der Waals surface area (Å²) in [6.45, 7) is 5.84. The van der Waals surface area contributed by atoms with Gasteiger partial charge in [0.1, 0.15) is 0 Å². The van der Waals surface area contributed by atoms with Crippen LogP contribution in [0.1, 0.15) is 37.4 Å². The largest absolute Gasteiger partial charge is 0.310 e. The Balaban J connectivity index is 2.00. The van der Waals surface area contributed by atoms with Gasteiger partial charge in [-0.2, -0.15) is 5.10 Å². The van der Waals surface area contributed by atoms with Gasteiger partial charge in [0.05, 0.1) is 17.7 Å². The lowest BCUT2D eigenvalue weighted by molar-refractivity contribution is -0.384. The third-order valence-electron chi connectivity index (χ3n) is 3.35. The molecule has 1 atom stereocenters. The van der Waals surface area contributed by atoms with E-state index in [0.717, 1.165) is 24.1 Å². The van der Waals surface area contributed by atoms with Crippen molar-refractivity contribution in [2.75, 3.05) is 6.54 Å². The van der Waals surface area contributed by atoms with Gasteiger partial charge in [-0.1, -0.05) is 19.1 Å². The van der Waals surface area contributed by atoms with Crippen molar-refractivity contribution in [2.45, 2.75) is 32.9 Å². The highest BCUT2D eigenvalue weighted by Gasteiger charge is 2.08. The minimum atomic E-state index is -0.392. The molecule has 0 radical (unpaired) electrons. The predicted molar refractivity (Wildman–Crippen MR) is 81.1 cm³/mol. The molecule has 2 rings (SSSR count). The van der Waals surface area contributed by atoms with E-state index in [1.54, 1.807) is 12.1 Å². The van der Waals surface area contributed by atoms with Crippen LogP contribution in [0.25, 0.3) is 0 Å². The molecule has 1 aromatic heterocycles. The smallest absolute Gasteiger partial charge is 0.269 e. The Morgan fingerprint density at radius 1 is 1.38 bits per heavy atom. The van der Waals surface area contributed by atoms with Gasteiger partial charge in [-0.3, -0.25) is 14.8 Å². The molecule has 0 saturated carbocycles. The second kappa shape index (κ2) is 6.99. The highest BCUT2D eigenvalue weighted by atomic mass is 16.6. The van der Waals surface area contributed by atoms with Crippen molar-refractivity contribution >= 4 is 5.69 Å². The molecule has 0 spiro atoms. The van der Waals surface area contributed by atoms with Crippen LogP contribution in [0.5, 0.6) is 0 Å². The van der Waals surface area contributed by atoms with Crippen LogP contribution in [0.2, 0.25) is 0 Å². The standard InChI is InChI=1S/C15H20N4O2/c1-3-8-16-12(2)14-9-17-18(11-14)10-13-4-6-15(7-5-13)19(20)21/h4-7,9,11-12,16H,3,8,10H2,1-2H3. The molecule has 0 aliphatic rings. The fourth-order valence-electron chi connectivity index (χ4n) is 2.08. The summed E-state index contributed by atoms with van der Waals surface area (Å²) >= 11 is 0. The van der Waals surface area contributed by atoms with Crippen molar-refractivity contribution in [3.8, 4) is 0 Å². The lowest BCUT2D eigenvalue weighted by Gasteiger charge is -2.10. The Morgan fingerprint density at radius 3 is 2.71 bits per heavy atom.